The molecule has 8 nitrogen and oxygen atoms in total. The highest BCUT2D eigenvalue weighted by Gasteiger charge is 2.62. The second kappa shape index (κ2) is 7.74. The SMILES string of the molecule is Cc1ccc(NC(=O)N2[C@@H]3C[C@H](C)CC2(c2nnc(C(F)(F)F)o2)C3)cc1-c1ncc(F)cn1. The van der Waals surface area contributed by atoms with Gasteiger partial charge in [0.05, 0.1) is 12.4 Å². The Morgan fingerprint density at radius 1 is 1.21 bits per heavy atom. The van der Waals surface area contributed by atoms with Gasteiger partial charge in [-0.15, -0.1) is 10.2 Å². The summed E-state index contributed by atoms with van der Waals surface area (Å²) >= 11 is 0. The number of hydrogen-bond donors (Lipinski definition) is 1. The summed E-state index contributed by atoms with van der Waals surface area (Å²) in [5.41, 5.74) is 0.780. The van der Waals surface area contributed by atoms with Gasteiger partial charge in [0, 0.05) is 23.7 Å². The second-order valence-electron chi connectivity index (χ2n) is 8.90. The van der Waals surface area contributed by atoms with Gasteiger partial charge < -0.3 is 14.6 Å². The van der Waals surface area contributed by atoms with E-state index < -0.39 is 29.5 Å². The zero-order valence-corrected chi connectivity index (χ0v) is 18.2. The lowest BCUT2D eigenvalue weighted by Crippen LogP contribution is -2.70. The fourth-order valence-electron chi connectivity index (χ4n) is 5.05. The highest BCUT2D eigenvalue weighted by molar-refractivity contribution is 5.91. The molecule has 3 atom stereocenters. The molecule has 4 heterocycles. The maximum atomic E-state index is 13.3. The first-order valence-corrected chi connectivity index (χ1v) is 10.7. The summed E-state index contributed by atoms with van der Waals surface area (Å²) in [7, 11) is 0. The smallest absolute Gasteiger partial charge is 0.415 e. The number of alkyl halides is 3. The lowest BCUT2D eigenvalue weighted by Gasteiger charge is -2.61. The van der Waals surface area contributed by atoms with Crippen LogP contribution in [0.4, 0.5) is 28.0 Å². The fraction of sp³-hybridized carbons (Fsp3) is 0.409. The van der Waals surface area contributed by atoms with Crippen LogP contribution in [0.3, 0.4) is 0 Å². The minimum atomic E-state index is -4.76. The van der Waals surface area contributed by atoms with E-state index in [0.29, 0.717) is 29.9 Å². The third kappa shape index (κ3) is 3.66. The Bertz CT molecular complexity index is 1240. The molecular formula is C22H20F4N6O2. The van der Waals surface area contributed by atoms with Crippen molar-refractivity contribution in [2.24, 2.45) is 5.92 Å². The molecule has 2 aliphatic rings. The third-order valence-corrected chi connectivity index (χ3v) is 6.39. The minimum Gasteiger partial charge on any atom is -0.415 e. The van der Waals surface area contributed by atoms with Gasteiger partial charge in [-0.2, -0.15) is 13.2 Å². The molecule has 2 bridgehead atoms. The number of piperidine rings is 1. The van der Waals surface area contributed by atoms with Crippen LogP contribution in [0.25, 0.3) is 11.4 Å². The number of aryl methyl sites for hydroxylation is 1. The average molecular weight is 476 g/mol. The molecule has 3 aromatic rings. The molecule has 178 valence electrons. The number of anilines is 1. The summed E-state index contributed by atoms with van der Waals surface area (Å²) in [5, 5.41) is 9.63. The van der Waals surface area contributed by atoms with Gasteiger partial charge in [0.25, 0.3) is 0 Å². The van der Waals surface area contributed by atoms with Crippen molar-refractivity contribution >= 4 is 11.7 Å². The van der Waals surface area contributed by atoms with Gasteiger partial charge in [0.1, 0.15) is 5.54 Å². The number of carbonyl (C=O) groups is 1. The van der Waals surface area contributed by atoms with Crippen LogP contribution in [-0.4, -0.2) is 37.1 Å². The molecule has 2 amide bonds. The van der Waals surface area contributed by atoms with Gasteiger partial charge in [0.2, 0.25) is 5.89 Å². The van der Waals surface area contributed by atoms with Gasteiger partial charge in [-0.3, -0.25) is 0 Å². The number of hydrogen-bond acceptors (Lipinski definition) is 6. The molecule has 1 unspecified atom stereocenters. The summed E-state index contributed by atoms with van der Waals surface area (Å²) in [5.74, 6) is -1.73. The first-order chi connectivity index (χ1) is 16.1. The van der Waals surface area contributed by atoms with E-state index in [0.717, 1.165) is 24.4 Å². The molecule has 5 rings (SSSR count). The van der Waals surface area contributed by atoms with Crippen molar-refractivity contribution in [2.75, 3.05) is 5.32 Å². The predicted octanol–water partition coefficient (Wildman–Crippen LogP) is 4.92. The molecule has 1 N–H and O–H groups in total. The number of aromatic nitrogens is 4. The third-order valence-electron chi connectivity index (χ3n) is 6.39. The van der Waals surface area contributed by atoms with Crippen LogP contribution < -0.4 is 5.32 Å². The Hall–Kier alpha value is -3.57. The Morgan fingerprint density at radius 2 is 1.94 bits per heavy atom. The number of urea groups is 1. The number of nitrogens with zero attached hydrogens (tertiary/aromatic N) is 5. The zero-order valence-electron chi connectivity index (χ0n) is 18.2. The van der Waals surface area contributed by atoms with Crippen LogP contribution >= 0.6 is 0 Å². The Labute approximate surface area is 191 Å². The highest BCUT2D eigenvalue weighted by atomic mass is 19.4. The van der Waals surface area contributed by atoms with Gasteiger partial charge in [-0.05, 0) is 43.4 Å². The molecule has 0 saturated carbocycles. The number of halogens is 4. The molecule has 2 aromatic heterocycles. The van der Waals surface area contributed by atoms with E-state index in [2.05, 4.69) is 25.5 Å². The van der Waals surface area contributed by atoms with Crippen molar-refractivity contribution in [3.8, 4) is 11.4 Å². The number of nitrogens with one attached hydrogen (secondary N) is 1. The van der Waals surface area contributed by atoms with E-state index in [4.69, 9.17) is 4.42 Å². The van der Waals surface area contributed by atoms with E-state index >= 15 is 0 Å². The Morgan fingerprint density at radius 3 is 2.62 bits per heavy atom. The van der Waals surface area contributed by atoms with Crippen LogP contribution in [0.1, 0.15) is 43.5 Å². The van der Waals surface area contributed by atoms with E-state index in [9.17, 15) is 22.4 Å². The zero-order chi connectivity index (χ0) is 24.3. The first kappa shape index (κ1) is 22.2. The molecular weight excluding hydrogens is 456 g/mol. The van der Waals surface area contributed by atoms with E-state index in [-0.39, 0.29) is 17.9 Å². The highest BCUT2D eigenvalue weighted by Crippen LogP contribution is 2.55. The standard InChI is InChI=1S/C22H20F4N6O2/c1-11-5-15-8-21(7-11,18-30-31-19(34-18)22(24,25)26)32(15)20(33)29-14-4-3-12(2)16(6-14)17-27-9-13(23)10-28-17/h3-4,6,9-11,15H,5,7-8H2,1-2H3,(H,29,33)/t11-,15+,21?/m0/s1. The number of carbonyl (C=O) groups excluding carboxylic acids is 1. The van der Waals surface area contributed by atoms with Crippen LogP contribution in [-0.2, 0) is 11.7 Å². The Balaban J connectivity index is 1.43. The predicted molar refractivity (Wildman–Crippen MR) is 111 cm³/mol. The van der Waals surface area contributed by atoms with Crippen molar-refractivity contribution in [3.05, 3.63) is 53.8 Å². The largest absolute Gasteiger partial charge is 0.470 e. The molecule has 12 heteroatoms. The van der Waals surface area contributed by atoms with Crippen molar-refractivity contribution in [2.45, 2.75) is 50.9 Å². The monoisotopic (exact) mass is 476 g/mol. The summed E-state index contributed by atoms with van der Waals surface area (Å²) < 4.78 is 57.3. The number of fused-ring (bicyclic) bond motifs is 2. The number of benzene rings is 1. The molecule has 2 saturated heterocycles. The average Bonchev–Trinajstić information content (AvgIpc) is 3.26. The van der Waals surface area contributed by atoms with Gasteiger partial charge >= 0.3 is 18.1 Å². The quantitative estimate of drug-likeness (QED) is 0.539. The van der Waals surface area contributed by atoms with Crippen molar-refractivity contribution in [3.63, 3.8) is 0 Å². The maximum Gasteiger partial charge on any atom is 0.470 e. The topological polar surface area (TPSA) is 97.0 Å². The van der Waals surface area contributed by atoms with Crippen LogP contribution in [0.15, 0.2) is 35.0 Å². The van der Waals surface area contributed by atoms with E-state index in [1.165, 1.54) is 4.90 Å². The molecule has 2 fully saturated rings. The minimum absolute atomic E-state index is 0.157. The van der Waals surface area contributed by atoms with Crippen LogP contribution in [0.2, 0.25) is 0 Å². The summed E-state index contributed by atoms with van der Waals surface area (Å²) in [4.78, 5) is 22.8. The Kier molecular flexibility index (Phi) is 5.06. The van der Waals surface area contributed by atoms with E-state index in [1.54, 1.807) is 18.2 Å². The molecule has 0 spiro atoms. The lowest BCUT2D eigenvalue weighted by molar-refractivity contribution is -0.161. The number of amides is 2. The molecule has 1 aromatic carbocycles. The fourth-order valence-corrected chi connectivity index (χ4v) is 5.05. The van der Waals surface area contributed by atoms with Gasteiger partial charge in [0.15, 0.2) is 11.6 Å². The van der Waals surface area contributed by atoms with Gasteiger partial charge in [-0.25, -0.2) is 19.2 Å². The van der Waals surface area contributed by atoms with Crippen LogP contribution in [0.5, 0.6) is 0 Å². The lowest BCUT2D eigenvalue weighted by atomic mass is 9.64. The summed E-state index contributed by atoms with van der Waals surface area (Å²) in [6, 6.07) is 4.49. The maximum absolute atomic E-state index is 13.3. The van der Waals surface area contributed by atoms with Crippen molar-refractivity contribution < 1.29 is 26.8 Å². The normalized spacial score (nSPS) is 24.0. The molecule has 2 aliphatic heterocycles. The molecule has 0 radical (unpaired) electrons. The van der Waals surface area contributed by atoms with Crippen molar-refractivity contribution in [1.82, 2.24) is 25.1 Å². The van der Waals surface area contributed by atoms with Crippen molar-refractivity contribution in [1.29, 1.82) is 0 Å². The van der Waals surface area contributed by atoms with Crippen LogP contribution in [0, 0.1) is 18.7 Å². The molecule has 0 aliphatic carbocycles. The van der Waals surface area contributed by atoms with Gasteiger partial charge in [-0.1, -0.05) is 13.0 Å². The summed E-state index contributed by atoms with van der Waals surface area (Å²) in [6.45, 7) is 3.81. The first-order valence-electron chi connectivity index (χ1n) is 10.7. The summed E-state index contributed by atoms with van der Waals surface area (Å²) in [6.07, 6.45) is -1.07. The second-order valence-corrected chi connectivity index (χ2v) is 8.90. The molecule has 34 heavy (non-hydrogen) atoms. The number of rotatable bonds is 3. The van der Waals surface area contributed by atoms with E-state index in [1.807, 2.05) is 13.8 Å².